The first kappa shape index (κ1) is 15.3. The molecule has 4 N–H and O–H groups in total. The number of sulfonamides is 1. The van der Waals surface area contributed by atoms with E-state index in [2.05, 4.69) is 0 Å². The number of aryl methyl sites for hydroxylation is 1. The van der Waals surface area contributed by atoms with Gasteiger partial charge in [0, 0.05) is 23.4 Å². The molecular formula is C14H15FN2O3S. The molecule has 0 fully saturated rings. The van der Waals surface area contributed by atoms with Crippen molar-refractivity contribution >= 4 is 15.7 Å². The largest absolute Gasteiger partial charge is 0.457 e. The zero-order valence-corrected chi connectivity index (χ0v) is 12.4. The van der Waals surface area contributed by atoms with Crippen LogP contribution in [0.3, 0.4) is 0 Å². The van der Waals surface area contributed by atoms with Crippen LogP contribution in [0.4, 0.5) is 10.1 Å². The summed E-state index contributed by atoms with van der Waals surface area (Å²) in [6, 6.07) is 6.82. The van der Waals surface area contributed by atoms with E-state index >= 15 is 0 Å². The summed E-state index contributed by atoms with van der Waals surface area (Å²) in [4.78, 5) is -0.119. The van der Waals surface area contributed by atoms with Gasteiger partial charge in [-0.2, -0.15) is 0 Å². The van der Waals surface area contributed by atoms with Gasteiger partial charge in [0.25, 0.3) is 0 Å². The highest BCUT2D eigenvalue weighted by Gasteiger charge is 2.17. The molecule has 0 aliphatic rings. The van der Waals surface area contributed by atoms with Crippen molar-refractivity contribution in [2.24, 2.45) is 5.14 Å². The number of nitrogens with two attached hydrogens (primary N) is 2. The van der Waals surface area contributed by atoms with Gasteiger partial charge in [0.15, 0.2) is 0 Å². The number of halogens is 1. The lowest BCUT2D eigenvalue weighted by molar-refractivity contribution is 0.467. The first-order valence-electron chi connectivity index (χ1n) is 6.05. The molecule has 2 aromatic rings. The molecule has 0 spiro atoms. The van der Waals surface area contributed by atoms with E-state index in [9.17, 15) is 12.8 Å². The fourth-order valence-electron chi connectivity index (χ4n) is 1.89. The Labute approximate surface area is 122 Å². The molecule has 7 heteroatoms. The van der Waals surface area contributed by atoms with Crippen molar-refractivity contribution in [3.8, 4) is 11.5 Å². The highest BCUT2D eigenvalue weighted by atomic mass is 32.2. The van der Waals surface area contributed by atoms with E-state index in [1.807, 2.05) is 0 Å². The predicted molar refractivity (Wildman–Crippen MR) is 78.2 cm³/mol. The minimum Gasteiger partial charge on any atom is -0.457 e. The van der Waals surface area contributed by atoms with Gasteiger partial charge in [-0.15, -0.1) is 0 Å². The summed E-state index contributed by atoms with van der Waals surface area (Å²) >= 11 is 0. The monoisotopic (exact) mass is 310 g/mol. The SMILES string of the molecule is Cc1ccc(F)cc1Oc1cc(N)cc(S(N)(=O)=O)c1C. The van der Waals surface area contributed by atoms with Crippen LogP contribution in [-0.4, -0.2) is 8.42 Å². The normalized spacial score (nSPS) is 11.4. The quantitative estimate of drug-likeness (QED) is 0.851. The minimum absolute atomic E-state index is 0.119. The maximum Gasteiger partial charge on any atom is 0.238 e. The molecule has 0 radical (unpaired) electrons. The van der Waals surface area contributed by atoms with Gasteiger partial charge in [-0.25, -0.2) is 17.9 Å². The second kappa shape index (κ2) is 5.34. The zero-order valence-electron chi connectivity index (χ0n) is 11.6. The van der Waals surface area contributed by atoms with Crippen molar-refractivity contribution in [2.45, 2.75) is 18.7 Å². The Morgan fingerprint density at radius 2 is 1.76 bits per heavy atom. The molecule has 0 aliphatic heterocycles. The number of benzene rings is 2. The van der Waals surface area contributed by atoms with Gasteiger partial charge in [-0.05, 0) is 31.5 Å². The van der Waals surface area contributed by atoms with Gasteiger partial charge in [0.2, 0.25) is 10.0 Å². The smallest absolute Gasteiger partial charge is 0.238 e. The fourth-order valence-corrected chi connectivity index (χ4v) is 2.71. The summed E-state index contributed by atoms with van der Waals surface area (Å²) in [5.41, 5.74) is 6.88. The predicted octanol–water partition coefficient (Wildman–Crippen LogP) is 2.46. The third-order valence-electron chi connectivity index (χ3n) is 3.01. The summed E-state index contributed by atoms with van der Waals surface area (Å²) in [5, 5.41) is 5.14. The van der Waals surface area contributed by atoms with Crippen LogP contribution >= 0.6 is 0 Å². The van der Waals surface area contributed by atoms with Gasteiger partial charge < -0.3 is 10.5 Å². The molecule has 0 amide bonds. The fraction of sp³-hybridized carbons (Fsp3) is 0.143. The Morgan fingerprint density at radius 1 is 1.10 bits per heavy atom. The number of nitrogen functional groups attached to an aromatic ring is 1. The molecular weight excluding hydrogens is 295 g/mol. The van der Waals surface area contributed by atoms with Crippen LogP contribution in [-0.2, 0) is 10.0 Å². The molecule has 0 atom stereocenters. The lowest BCUT2D eigenvalue weighted by Crippen LogP contribution is -2.14. The number of hydrogen-bond donors (Lipinski definition) is 2. The standard InChI is InChI=1S/C14H15FN2O3S/c1-8-3-4-10(15)5-12(8)20-13-6-11(16)7-14(9(13)2)21(17,18)19/h3-7H,16H2,1-2H3,(H2,17,18,19). The average molecular weight is 310 g/mol. The highest BCUT2D eigenvalue weighted by Crippen LogP contribution is 2.33. The first-order chi connectivity index (χ1) is 9.68. The number of hydrogen-bond acceptors (Lipinski definition) is 4. The van der Waals surface area contributed by atoms with Crippen LogP contribution in [0.5, 0.6) is 11.5 Å². The van der Waals surface area contributed by atoms with E-state index in [1.165, 1.54) is 24.3 Å². The van der Waals surface area contributed by atoms with E-state index in [0.29, 0.717) is 11.1 Å². The lowest BCUT2D eigenvalue weighted by Gasteiger charge is -2.14. The number of anilines is 1. The van der Waals surface area contributed by atoms with Crippen molar-refractivity contribution < 1.29 is 17.5 Å². The second-order valence-corrected chi connectivity index (χ2v) is 6.23. The lowest BCUT2D eigenvalue weighted by atomic mass is 10.2. The van der Waals surface area contributed by atoms with Gasteiger partial charge in [-0.1, -0.05) is 6.07 Å². The second-order valence-electron chi connectivity index (χ2n) is 4.70. The van der Waals surface area contributed by atoms with Gasteiger partial charge in [0.1, 0.15) is 17.3 Å². The van der Waals surface area contributed by atoms with Gasteiger partial charge in [0.05, 0.1) is 4.90 Å². The Morgan fingerprint density at radius 3 is 2.38 bits per heavy atom. The van der Waals surface area contributed by atoms with Crippen molar-refractivity contribution in [3.63, 3.8) is 0 Å². The van der Waals surface area contributed by atoms with Crippen molar-refractivity contribution in [2.75, 3.05) is 5.73 Å². The van der Waals surface area contributed by atoms with E-state index in [-0.39, 0.29) is 22.1 Å². The topological polar surface area (TPSA) is 95.4 Å². The maximum atomic E-state index is 13.3. The maximum absolute atomic E-state index is 13.3. The Bertz CT molecular complexity index is 804. The molecule has 0 saturated carbocycles. The van der Waals surface area contributed by atoms with E-state index in [0.717, 1.165) is 0 Å². The van der Waals surface area contributed by atoms with E-state index in [1.54, 1.807) is 19.9 Å². The minimum atomic E-state index is -3.92. The average Bonchev–Trinajstić information content (AvgIpc) is 2.36. The first-order valence-corrected chi connectivity index (χ1v) is 7.60. The van der Waals surface area contributed by atoms with Crippen molar-refractivity contribution in [3.05, 3.63) is 47.3 Å². The summed E-state index contributed by atoms with van der Waals surface area (Å²) in [5.74, 6) is 0.0422. The number of rotatable bonds is 3. The zero-order chi connectivity index (χ0) is 15.8. The van der Waals surface area contributed by atoms with E-state index in [4.69, 9.17) is 15.6 Å². The molecule has 0 aliphatic carbocycles. The Hall–Kier alpha value is -2.12. The molecule has 0 aromatic heterocycles. The molecule has 112 valence electrons. The summed E-state index contributed by atoms with van der Waals surface area (Å²) < 4.78 is 42.0. The van der Waals surface area contributed by atoms with Crippen LogP contribution in [0.15, 0.2) is 35.2 Å². The number of ether oxygens (including phenoxy) is 1. The molecule has 0 heterocycles. The molecule has 21 heavy (non-hydrogen) atoms. The molecule has 2 aromatic carbocycles. The summed E-state index contributed by atoms with van der Waals surface area (Å²) in [6.45, 7) is 3.29. The molecule has 0 unspecified atom stereocenters. The third kappa shape index (κ3) is 3.32. The molecule has 0 bridgehead atoms. The molecule has 2 rings (SSSR count). The van der Waals surface area contributed by atoms with Crippen LogP contribution < -0.4 is 15.6 Å². The summed E-state index contributed by atoms with van der Waals surface area (Å²) in [6.07, 6.45) is 0. The van der Waals surface area contributed by atoms with Gasteiger partial charge >= 0.3 is 0 Å². The third-order valence-corrected chi connectivity index (χ3v) is 4.05. The van der Waals surface area contributed by atoms with Crippen LogP contribution in [0.25, 0.3) is 0 Å². The highest BCUT2D eigenvalue weighted by molar-refractivity contribution is 7.89. The molecule has 5 nitrogen and oxygen atoms in total. The number of primary sulfonamides is 1. The van der Waals surface area contributed by atoms with Crippen molar-refractivity contribution in [1.82, 2.24) is 0 Å². The van der Waals surface area contributed by atoms with Crippen LogP contribution in [0, 0.1) is 19.7 Å². The van der Waals surface area contributed by atoms with E-state index < -0.39 is 15.8 Å². The van der Waals surface area contributed by atoms with Gasteiger partial charge in [-0.3, -0.25) is 0 Å². The Balaban J connectivity index is 2.55. The molecule has 0 saturated heterocycles. The van der Waals surface area contributed by atoms with Crippen LogP contribution in [0.2, 0.25) is 0 Å². The summed E-state index contributed by atoms with van der Waals surface area (Å²) in [7, 11) is -3.92. The van der Waals surface area contributed by atoms with Crippen molar-refractivity contribution in [1.29, 1.82) is 0 Å². The Kier molecular flexibility index (Phi) is 3.89. The van der Waals surface area contributed by atoms with Crippen LogP contribution in [0.1, 0.15) is 11.1 Å².